The molecule has 176 valence electrons. The SMILES string of the molecule is CC[C@H](C)N(Cc1nc(C(=O)N[C@@H](C)c2ccccc2)co1)Cc1ccc(OC)cc1OC. The van der Waals surface area contributed by atoms with Crippen molar-refractivity contribution in [1.82, 2.24) is 15.2 Å². The van der Waals surface area contributed by atoms with E-state index in [1.807, 2.05) is 55.5 Å². The van der Waals surface area contributed by atoms with Gasteiger partial charge >= 0.3 is 0 Å². The van der Waals surface area contributed by atoms with E-state index in [1.54, 1.807) is 14.2 Å². The molecule has 0 radical (unpaired) electrons. The summed E-state index contributed by atoms with van der Waals surface area (Å²) in [4.78, 5) is 19.4. The van der Waals surface area contributed by atoms with Crippen molar-refractivity contribution < 1.29 is 18.7 Å². The van der Waals surface area contributed by atoms with Crippen LogP contribution in [0.15, 0.2) is 59.2 Å². The van der Waals surface area contributed by atoms with Crippen molar-refractivity contribution in [2.45, 2.75) is 52.4 Å². The maximum atomic E-state index is 12.7. The summed E-state index contributed by atoms with van der Waals surface area (Å²) in [5.41, 5.74) is 2.35. The predicted octanol–water partition coefficient (Wildman–Crippen LogP) is 4.98. The van der Waals surface area contributed by atoms with Gasteiger partial charge in [-0.2, -0.15) is 0 Å². The van der Waals surface area contributed by atoms with Crippen LogP contribution in [-0.2, 0) is 13.1 Å². The fourth-order valence-corrected chi connectivity index (χ4v) is 3.58. The lowest BCUT2D eigenvalue weighted by Crippen LogP contribution is -2.32. The highest BCUT2D eigenvalue weighted by Crippen LogP contribution is 2.27. The molecule has 0 saturated carbocycles. The van der Waals surface area contributed by atoms with E-state index in [-0.39, 0.29) is 23.7 Å². The lowest BCUT2D eigenvalue weighted by atomic mass is 10.1. The Balaban J connectivity index is 1.70. The molecule has 2 atom stereocenters. The summed E-state index contributed by atoms with van der Waals surface area (Å²) in [7, 11) is 3.29. The second-order valence-electron chi connectivity index (χ2n) is 8.07. The predicted molar refractivity (Wildman–Crippen MR) is 127 cm³/mol. The standard InChI is InChI=1S/C26H33N3O4/c1-6-18(2)29(15-21-12-13-22(31-4)14-24(21)32-5)16-25-28-23(17-33-25)26(30)27-19(3)20-10-8-7-9-11-20/h7-14,17-19H,6,15-16H2,1-5H3,(H,27,30)/t18-,19-/m0/s1. The Labute approximate surface area is 195 Å². The maximum Gasteiger partial charge on any atom is 0.273 e. The Morgan fingerprint density at radius 3 is 2.52 bits per heavy atom. The summed E-state index contributed by atoms with van der Waals surface area (Å²) in [6.07, 6.45) is 2.38. The first-order valence-electron chi connectivity index (χ1n) is 11.2. The maximum absolute atomic E-state index is 12.7. The zero-order valence-electron chi connectivity index (χ0n) is 20.0. The molecule has 1 amide bonds. The van der Waals surface area contributed by atoms with Crippen molar-refractivity contribution in [2.24, 2.45) is 0 Å². The zero-order chi connectivity index (χ0) is 23.8. The molecule has 1 aromatic heterocycles. The first kappa shape index (κ1) is 24.3. The third-order valence-electron chi connectivity index (χ3n) is 5.85. The van der Waals surface area contributed by atoms with Gasteiger partial charge in [-0.3, -0.25) is 9.69 Å². The van der Waals surface area contributed by atoms with E-state index >= 15 is 0 Å². The van der Waals surface area contributed by atoms with Crippen LogP contribution in [0.25, 0.3) is 0 Å². The van der Waals surface area contributed by atoms with E-state index in [0.29, 0.717) is 19.0 Å². The first-order chi connectivity index (χ1) is 15.9. The monoisotopic (exact) mass is 451 g/mol. The quantitative estimate of drug-likeness (QED) is 0.443. The zero-order valence-corrected chi connectivity index (χ0v) is 20.0. The highest BCUT2D eigenvalue weighted by Gasteiger charge is 2.21. The minimum absolute atomic E-state index is 0.127. The summed E-state index contributed by atoms with van der Waals surface area (Å²) in [5, 5.41) is 2.98. The fourth-order valence-electron chi connectivity index (χ4n) is 3.58. The normalized spacial score (nSPS) is 12.9. The molecule has 0 aliphatic carbocycles. The van der Waals surface area contributed by atoms with E-state index < -0.39 is 0 Å². The van der Waals surface area contributed by atoms with E-state index in [0.717, 1.165) is 29.0 Å². The largest absolute Gasteiger partial charge is 0.497 e. The van der Waals surface area contributed by atoms with Crippen LogP contribution in [0.4, 0.5) is 0 Å². The molecule has 0 aliphatic heterocycles. The lowest BCUT2D eigenvalue weighted by molar-refractivity contribution is 0.0934. The Hall–Kier alpha value is -3.32. The van der Waals surface area contributed by atoms with Gasteiger partial charge in [0.1, 0.15) is 17.8 Å². The van der Waals surface area contributed by atoms with Gasteiger partial charge in [0, 0.05) is 24.2 Å². The Bertz CT molecular complexity index is 1040. The van der Waals surface area contributed by atoms with Gasteiger partial charge in [0.25, 0.3) is 5.91 Å². The fraction of sp³-hybridized carbons (Fsp3) is 0.385. The summed E-state index contributed by atoms with van der Waals surface area (Å²) in [5.74, 6) is 1.76. The van der Waals surface area contributed by atoms with Crippen LogP contribution >= 0.6 is 0 Å². The minimum Gasteiger partial charge on any atom is -0.497 e. The van der Waals surface area contributed by atoms with Crippen molar-refractivity contribution in [3.8, 4) is 11.5 Å². The van der Waals surface area contributed by atoms with Crippen LogP contribution in [0, 0.1) is 0 Å². The number of hydrogen-bond acceptors (Lipinski definition) is 6. The first-order valence-corrected chi connectivity index (χ1v) is 11.2. The van der Waals surface area contributed by atoms with Crippen LogP contribution in [-0.4, -0.2) is 36.1 Å². The summed E-state index contributed by atoms with van der Waals surface area (Å²) < 4.78 is 16.5. The van der Waals surface area contributed by atoms with Crippen LogP contribution < -0.4 is 14.8 Å². The van der Waals surface area contributed by atoms with Gasteiger partial charge in [0.15, 0.2) is 5.69 Å². The molecule has 7 heteroatoms. The van der Waals surface area contributed by atoms with E-state index in [1.165, 1.54) is 6.26 Å². The average molecular weight is 452 g/mol. The van der Waals surface area contributed by atoms with Gasteiger partial charge < -0.3 is 19.2 Å². The summed E-state index contributed by atoms with van der Waals surface area (Å²) in [6.45, 7) is 7.38. The minimum atomic E-state index is -0.256. The molecule has 0 bridgehead atoms. The molecule has 3 aromatic rings. The number of aromatic nitrogens is 1. The lowest BCUT2D eigenvalue weighted by Gasteiger charge is -2.27. The molecular weight excluding hydrogens is 418 g/mol. The van der Waals surface area contributed by atoms with Crippen LogP contribution in [0.5, 0.6) is 11.5 Å². The molecule has 1 N–H and O–H groups in total. The van der Waals surface area contributed by atoms with Gasteiger partial charge in [-0.15, -0.1) is 0 Å². The number of methoxy groups -OCH3 is 2. The smallest absolute Gasteiger partial charge is 0.273 e. The number of hydrogen-bond donors (Lipinski definition) is 1. The molecule has 0 unspecified atom stereocenters. The van der Waals surface area contributed by atoms with E-state index in [4.69, 9.17) is 13.9 Å². The van der Waals surface area contributed by atoms with Crippen LogP contribution in [0.2, 0.25) is 0 Å². The number of rotatable bonds is 11. The summed E-state index contributed by atoms with van der Waals surface area (Å²) in [6, 6.07) is 15.8. The van der Waals surface area contributed by atoms with Crippen LogP contribution in [0.1, 0.15) is 60.7 Å². The number of carbonyl (C=O) groups is 1. The van der Waals surface area contributed by atoms with Gasteiger partial charge in [0.05, 0.1) is 26.8 Å². The second-order valence-corrected chi connectivity index (χ2v) is 8.07. The molecule has 0 spiro atoms. The molecule has 0 saturated heterocycles. The van der Waals surface area contributed by atoms with Crippen molar-refractivity contribution >= 4 is 5.91 Å². The number of carbonyl (C=O) groups excluding carboxylic acids is 1. The molecule has 0 fully saturated rings. The van der Waals surface area contributed by atoms with Crippen LogP contribution in [0.3, 0.4) is 0 Å². The Morgan fingerprint density at radius 1 is 1.09 bits per heavy atom. The second kappa shape index (κ2) is 11.5. The van der Waals surface area contributed by atoms with Crippen molar-refractivity contribution in [3.63, 3.8) is 0 Å². The van der Waals surface area contributed by atoms with Crippen molar-refractivity contribution in [1.29, 1.82) is 0 Å². The van der Waals surface area contributed by atoms with Crippen molar-refractivity contribution in [2.75, 3.05) is 14.2 Å². The van der Waals surface area contributed by atoms with Gasteiger partial charge in [-0.25, -0.2) is 4.98 Å². The number of nitrogens with one attached hydrogen (secondary N) is 1. The molecule has 0 aliphatic rings. The Morgan fingerprint density at radius 2 is 1.85 bits per heavy atom. The Kier molecular flexibility index (Phi) is 8.49. The summed E-state index contributed by atoms with van der Waals surface area (Å²) >= 11 is 0. The van der Waals surface area contributed by atoms with E-state index in [2.05, 4.69) is 29.0 Å². The van der Waals surface area contributed by atoms with Crippen molar-refractivity contribution in [3.05, 3.63) is 77.5 Å². The highest BCUT2D eigenvalue weighted by atomic mass is 16.5. The van der Waals surface area contributed by atoms with Gasteiger partial charge in [-0.1, -0.05) is 43.3 Å². The average Bonchev–Trinajstić information content (AvgIpc) is 3.32. The number of amides is 1. The molecule has 1 heterocycles. The van der Waals surface area contributed by atoms with E-state index in [9.17, 15) is 4.79 Å². The molecule has 2 aromatic carbocycles. The number of ether oxygens (including phenoxy) is 2. The molecule has 33 heavy (non-hydrogen) atoms. The highest BCUT2D eigenvalue weighted by molar-refractivity contribution is 5.92. The number of oxazole rings is 1. The molecule has 7 nitrogen and oxygen atoms in total. The third kappa shape index (κ3) is 6.35. The van der Waals surface area contributed by atoms with Gasteiger partial charge in [-0.05, 0) is 31.9 Å². The third-order valence-corrected chi connectivity index (χ3v) is 5.85. The molecular formula is C26H33N3O4. The topological polar surface area (TPSA) is 76.8 Å². The van der Waals surface area contributed by atoms with Gasteiger partial charge in [0.2, 0.25) is 5.89 Å². The number of nitrogens with zero attached hydrogens (tertiary/aromatic N) is 2. The molecule has 3 rings (SSSR count). The number of benzene rings is 2.